The van der Waals surface area contributed by atoms with E-state index in [4.69, 9.17) is 11.5 Å². The minimum absolute atomic E-state index is 0.229. The number of nitrogens with one attached hydrogen (secondary N) is 1. The number of rotatable bonds is 4. The number of hydrogen-bond donors (Lipinski definition) is 3. The summed E-state index contributed by atoms with van der Waals surface area (Å²) in [6.45, 7) is 3.55. The summed E-state index contributed by atoms with van der Waals surface area (Å²) in [5, 5.41) is 2.93. The molecule has 1 aromatic heterocycles. The molecule has 0 fully saturated rings. The molecule has 0 amide bonds. The number of sulfone groups is 1. The van der Waals surface area contributed by atoms with E-state index in [0.29, 0.717) is 11.5 Å². The predicted molar refractivity (Wildman–Crippen MR) is 70.5 cm³/mol. The number of anilines is 3. The molecule has 1 aromatic rings. The third-order valence-electron chi connectivity index (χ3n) is 2.66. The second-order valence-electron chi connectivity index (χ2n) is 4.56. The van der Waals surface area contributed by atoms with Crippen molar-refractivity contribution in [3.63, 3.8) is 0 Å². The van der Waals surface area contributed by atoms with Gasteiger partial charge in [0.2, 0.25) is 0 Å². The lowest BCUT2D eigenvalue weighted by molar-refractivity contribution is 0.559. The van der Waals surface area contributed by atoms with Gasteiger partial charge < -0.3 is 16.8 Å². The summed E-state index contributed by atoms with van der Waals surface area (Å²) in [4.78, 5) is 4.00. The lowest BCUT2D eigenvalue weighted by atomic mass is 10.2. The smallest absolute Gasteiger partial charge is 0.154 e. The molecule has 0 unspecified atom stereocenters. The first-order valence-corrected chi connectivity index (χ1v) is 6.98. The maximum absolute atomic E-state index is 11.5. The number of nitrogen functional groups attached to an aromatic ring is 2. The summed E-state index contributed by atoms with van der Waals surface area (Å²) in [5.74, 6) is 0.737. The van der Waals surface area contributed by atoms with Crippen LogP contribution in [0.2, 0.25) is 0 Å². The second kappa shape index (κ2) is 4.40. The molecule has 17 heavy (non-hydrogen) atoms. The molecule has 0 saturated carbocycles. The van der Waals surface area contributed by atoms with Crippen LogP contribution in [0.3, 0.4) is 0 Å². The van der Waals surface area contributed by atoms with Gasteiger partial charge in [-0.1, -0.05) is 0 Å². The molecule has 6 nitrogen and oxygen atoms in total. The molecule has 0 bridgehead atoms. The molecule has 0 aliphatic carbocycles. The highest BCUT2D eigenvalue weighted by Crippen LogP contribution is 2.18. The van der Waals surface area contributed by atoms with Gasteiger partial charge in [-0.2, -0.15) is 0 Å². The largest absolute Gasteiger partial charge is 0.396 e. The van der Waals surface area contributed by atoms with E-state index in [9.17, 15) is 8.42 Å². The third-order valence-corrected chi connectivity index (χ3v) is 4.81. The lowest BCUT2D eigenvalue weighted by Crippen LogP contribution is -2.38. The first-order chi connectivity index (χ1) is 7.63. The summed E-state index contributed by atoms with van der Waals surface area (Å²) in [5.41, 5.74) is 11.5. The fourth-order valence-corrected chi connectivity index (χ4v) is 1.35. The zero-order valence-electron chi connectivity index (χ0n) is 10.2. The topological polar surface area (TPSA) is 111 Å². The van der Waals surface area contributed by atoms with Crippen LogP contribution in [0.25, 0.3) is 0 Å². The second-order valence-corrected chi connectivity index (χ2v) is 7.21. The van der Waals surface area contributed by atoms with Gasteiger partial charge in [0.15, 0.2) is 9.84 Å². The van der Waals surface area contributed by atoms with E-state index in [1.807, 2.05) is 0 Å². The van der Waals surface area contributed by atoms with Gasteiger partial charge in [0.05, 0.1) is 10.4 Å². The normalized spacial score (nSPS) is 12.4. The maximum Gasteiger partial charge on any atom is 0.154 e. The van der Waals surface area contributed by atoms with Gasteiger partial charge in [0.25, 0.3) is 0 Å². The van der Waals surface area contributed by atoms with Crippen molar-refractivity contribution in [3.8, 4) is 0 Å². The van der Waals surface area contributed by atoms with Gasteiger partial charge in [0, 0.05) is 12.8 Å². The summed E-state index contributed by atoms with van der Waals surface area (Å²) in [6.07, 6.45) is 1.21. The first kappa shape index (κ1) is 13.6. The van der Waals surface area contributed by atoms with Crippen molar-refractivity contribution in [2.75, 3.05) is 29.6 Å². The van der Waals surface area contributed by atoms with Crippen molar-refractivity contribution >= 4 is 27.2 Å². The molecule has 96 valence electrons. The lowest BCUT2D eigenvalue weighted by Gasteiger charge is -2.23. The van der Waals surface area contributed by atoms with Crippen LogP contribution in [-0.4, -0.2) is 30.9 Å². The first-order valence-electron chi connectivity index (χ1n) is 5.09. The van der Waals surface area contributed by atoms with Gasteiger partial charge in [0.1, 0.15) is 11.6 Å². The van der Waals surface area contributed by atoms with Crippen LogP contribution >= 0.6 is 0 Å². The maximum atomic E-state index is 11.5. The molecule has 1 heterocycles. The monoisotopic (exact) mass is 258 g/mol. The fourth-order valence-electron chi connectivity index (χ4n) is 1.02. The standard InChI is InChI=1S/C10H18N4O2S/c1-10(2,17(3,15)16)6-13-8-5-4-7(11)9(12)14-8/h4-5H,6,11H2,1-3H3,(H3,12,13,14). The molecule has 0 aliphatic rings. The molecule has 0 aromatic carbocycles. The summed E-state index contributed by atoms with van der Waals surface area (Å²) >= 11 is 0. The Labute approximate surface area is 101 Å². The average molecular weight is 258 g/mol. The highest BCUT2D eigenvalue weighted by molar-refractivity contribution is 7.92. The van der Waals surface area contributed by atoms with Crippen LogP contribution in [-0.2, 0) is 9.84 Å². The SMILES string of the molecule is CC(C)(CNc1ccc(N)c(N)n1)S(C)(=O)=O. The Balaban J connectivity index is 2.78. The Morgan fingerprint density at radius 2 is 1.94 bits per heavy atom. The van der Waals surface area contributed by atoms with Crippen molar-refractivity contribution in [2.45, 2.75) is 18.6 Å². The van der Waals surface area contributed by atoms with Crippen LogP contribution in [0.1, 0.15) is 13.8 Å². The summed E-state index contributed by atoms with van der Waals surface area (Å²) in [6, 6.07) is 3.28. The number of hydrogen-bond acceptors (Lipinski definition) is 6. The van der Waals surface area contributed by atoms with E-state index in [1.54, 1.807) is 26.0 Å². The minimum atomic E-state index is -3.14. The van der Waals surface area contributed by atoms with E-state index in [-0.39, 0.29) is 12.4 Å². The number of aromatic nitrogens is 1. The minimum Gasteiger partial charge on any atom is -0.396 e. The molecule has 7 heteroatoms. The van der Waals surface area contributed by atoms with Crippen LogP contribution in [0, 0.1) is 0 Å². The van der Waals surface area contributed by atoms with Crippen molar-refractivity contribution in [3.05, 3.63) is 12.1 Å². The Kier molecular flexibility index (Phi) is 3.51. The van der Waals surface area contributed by atoms with Gasteiger partial charge in [-0.05, 0) is 26.0 Å². The Morgan fingerprint density at radius 3 is 2.41 bits per heavy atom. The molecule has 0 radical (unpaired) electrons. The third kappa shape index (κ3) is 3.23. The van der Waals surface area contributed by atoms with Gasteiger partial charge >= 0.3 is 0 Å². The average Bonchev–Trinajstić information content (AvgIpc) is 2.18. The van der Waals surface area contributed by atoms with Crippen molar-refractivity contribution < 1.29 is 8.42 Å². The summed E-state index contributed by atoms with van der Waals surface area (Å²) in [7, 11) is -3.14. The molecule has 0 atom stereocenters. The van der Waals surface area contributed by atoms with Crippen molar-refractivity contribution in [1.29, 1.82) is 0 Å². The molecular formula is C10H18N4O2S. The Morgan fingerprint density at radius 1 is 1.35 bits per heavy atom. The quantitative estimate of drug-likeness (QED) is 0.724. The number of nitrogens with zero attached hydrogens (tertiary/aromatic N) is 1. The highest BCUT2D eigenvalue weighted by atomic mass is 32.2. The van der Waals surface area contributed by atoms with Gasteiger partial charge in [-0.25, -0.2) is 13.4 Å². The number of nitrogens with two attached hydrogens (primary N) is 2. The molecule has 5 N–H and O–H groups in total. The van der Waals surface area contributed by atoms with Crippen molar-refractivity contribution in [1.82, 2.24) is 4.98 Å². The number of pyridine rings is 1. The van der Waals surface area contributed by atoms with E-state index < -0.39 is 14.6 Å². The van der Waals surface area contributed by atoms with Crippen LogP contribution in [0.15, 0.2) is 12.1 Å². The van der Waals surface area contributed by atoms with Crippen LogP contribution in [0.5, 0.6) is 0 Å². The van der Waals surface area contributed by atoms with Gasteiger partial charge in [-0.3, -0.25) is 0 Å². The highest BCUT2D eigenvalue weighted by Gasteiger charge is 2.29. The van der Waals surface area contributed by atoms with E-state index >= 15 is 0 Å². The predicted octanol–water partition coefficient (Wildman–Crippen LogP) is 0.481. The Hall–Kier alpha value is -1.50. The molecule has 0 spiro atoms. The van der Waals surface area contributed by atoms with Crippen molar-refractivity contribution in [2.24, 2.45) is 0 Å². The zero-order chi connectivity index (χ0) is 13.3. The zero-order valence-corrected chi connectivity index (χ0v) is 11.0. The van der Waals surface area contributed by atoms with Crippen LogP contribution in [0.4, 0.5) is 17.3 Å². The van der Waals surface area contributed by atoms with E-state index in [0.717, 1.165) is 0 Å². The molecule has 0 saturated heterocycles. The summed E-state index contributed by atoms with van der Waals surface area (Å²) < 4.78 is 22.1. The Bertz CT molecular complexity index is 511. The van der Waals surface area contributed by atoms with E-state index in [2.05, 4.69) is 10.3 Å². The molecular weight excluding hydrogens is 240 g/mol. The fraction of sp³-hybridized carbons (Fsp3) is 0.500. The van der Waals surface area contributed by atoms with E-state index in [1.165, 1.54) is 6.26 Å². The van der Waals surface area contributed by atoms with Gasteiger partial charge in [-0.15, -0.1) is 0 Å². The molecule has 0 aliphatic heterocycles. The van der Waals surface area contributed by atoms with Crippen LogP contribution < -0.4 is 16.8 Å². The molecule has 1 rings (SSSR count).